The molecule has 1 fully saturated rings. The second kappa shape index (κ2) is 4.46. The summed E-state index contributed by atoms with van der Waals surface area (Å²) in [5, 5.41) is 1.08. The lowest BCUT2D eigenvalue weighted by atomic mass is 10.1. The third-order valence-electron chi connectivity index (χ3n) is 3.52. The van der Waals surface area contributed by atoms with Gasteiger partial charge in [-0.25, -0.2) is 0 Å². The molecule has 2 N–H and O–H groups in total. The summed E-state index contributed by atoms with van der Waals surface area (Å²) in [5.41, 5.74) is 7.64. The molecule has 2 heterocycles. The molecule has 0 saturated carbocycles. The number of likely N-dealkylation sites (tertiary alicyclic amines) is 1. The lowest BCUT2D eigenvalue weighted by Gasteiger charge is -2.16. The highest BCUT2D eigenvalue weighted by Crippen LogP contribution is 2.22. The van der Waals surface area contributed by atoms with E-state index in [0.29, 0.717) is 25.4 Å². The van der Waals surface area contributed by atoms with Gasteiger partial charge in [0.1, 0.15) is 5.58 Å². The first-order valence-electron chi connectivity index (χ1n) is 6.20. The summed E-state index contributed by atoms with van der Waals surface area (Å²) in [6.45, 7) is 2.03. The Hall–Kier alpha value is -1.81. The Bertz CT molecular complexity index is 576. The van der Waals surface area contributed by atoms with Gasteiger partial charge in [-0.15, -0.1) is 0 Å². The summed E-state index contributed by atoms with van der Waals surface area (Å²) in [4.78, 5) is 13.7. The Morgan fingerprint density at radius 3 is 3.06 bits per heavy atom. The minimum absolute atomic E-state index is 0.206. The van der Waals surface area contributed by atoms with Crippen LogP contribution in [0.25, 0.3) is 11.0 Å². The minimum Gasteiger partial charge on any atom is -0.464 e. The van der Waals surface area contributed by atoms with E-state index < -0.39 is 0 Å². The monoisotopic (exact) mass is 244 g/mol. The molecule has 0 radical (unpaired) electrons. The van der Waals surface area contributed by atoms with Crippen molar-refractivity contribution in [2.75, 3.05) is 13.1 Å². The van der Waals surface area contributed by atoms with E-state index in [1.165, 1.54) is 0 Å². The summed E-state index contributed by atoms with van der Waals surface area (Å²) in [6, 6.07) is 7.97. The lowest BCUT2D eigenvalue weighted by Crippen LogP contribution is -2.25. The maximum Gasteiger partial charge on any atom is 0.223 e. The first-order chi connectivity index (χ1) is 8.76. The number of benzene rings is 1. The number of furan rings is 1. The third kappa shape index (κ3) is 1.99. The molecular formula is C14H16N2O2. The zero-order valence-corrected chi connectivity index (χ0v) is 10.1. The highest BCUT2D eigenvalue weighted by molar-refractivity contribution is 5.80. The van der Waals surface area contributed by atoms with Crippen LogP contribution in [0.15, 0.2) is 34.9 Å². The van der Waals surface area contributed by atoms with Crippen LogP contribution in [-0.2, 0) is 11.3 Å². The molecule has 0 bridgehead atoms. The molecule has 1 unspecified atom stereocenters. The first kappa shape index (κ1) is 11.3. The summed E-state index contributed by atoms with van der Waals surface area (Å²) in [7, 11) is 0. The first-order valence-corrected chi connectivity index (χ1v) is 6.20. The largest absolute Gasteiger partial charge is 0.464 e. The van der Waals surface area contributed by atoms with E-state index in [0.717, 1.165) is 23.1 Å². The molecule has 1 aliphatic heterocycles. The van der Waals surface area contributed by atoms with Crippen LogP contribution in [0, 0.1) is 5.92 Å². The maximum absolute atomic E-state index is 11.8. The molecule has 1 saturated heterocycles. The molecule has 1 aliphatic rings. The number of fused-ring (bicyclic) bond motifs is 1. The number of rotatable bonds is 3. The van der Waals surface area contributed by atoms with Crippen molar-refractivity contribution in [2.24, 2.45) is 11.7 Å². The Morgan fingerprint density at radius 1 is 1.39 bits per heavy atom. The van der Waals surface area contributed by atoms with Crippen molar-refractivity contribution in [1.29, 1.82) is 0 Å². The number of nitrogens with two attached hydrogens (primary N) is 1. The minimum atomic E-state index is 0.206. The van der Waals surface area contributed by atoms with Crippen LogP contribution >= 0.6 is 0 Å². The van der Waals surface area contributed by atoms with Gasteiger partial charge < -0.3 is 15.1 Å². The standard InChI is InChI=1S/C14H16N2O2/c15-7-11-6-14(17)16(9-11)8-10-1-2-13-12(5-10)3-4-18-13/h1-5,11H,6-9,15H2. The molecule has 4 heteroatoms. The van der Waals surface area contributed by atoms with Gasteiger partial charge in [0.15, 0.2) is 0 Å². The average molecular weight is 244 g/mol. The number of hydrogen-bond acceptors (Lipinski definition) is 3. The smallest absolute Gasteiger partial charge is 0.223 e. The topological polar surface area (TPSA) is 59.5 Å². The lowest BCUT2D eigenvalue weighted by molar-refractivity contribution is -0.128. The number of amides is 1. The fourth-order valence-electron chi connectivity index (χ4n) is 2.50. The van der Waals surface area contributed by atoms with Gasteiger partial charge in [-0.05, 0) is 36.2 Å². The van der Waals surface area contributed by atoms with Crippen molar-refractivity contribution < 1.29 is 9.21 Å². The van der Waals surface area contributed by atoms with E-state index in [1.54, 1.807) is 6.26 Å². The fraction of sp³-hybridized carbons (Fsp3) is 0.357. The molecule has 1 aromatic heterocycles. The summed E-state index contributed by atoms with van der Waals surface area (Å²) in [5.74, 6) is 0.521. The van der Waals surface area contributed by atoms with Crippen LogP contribution in [0.3, 0.4) is 0 Å². The summed E-state index contributed by atoms with van der Waals surface area (Å²) >= 11 is 0. The molecule has 1 amide bonds. The molecule has 18 heavy (non-hydrogen) atoms. The van der Waals surface area contributed by atoms with Crippen LogP contribution in [0.4, 0.5) is 0 Å². The van der Waals surface area contributed by atoms with Crippen LogP contribution in [-0.4, -0.2) is 23.9 Å². The Morgan fingerprint density at radius 2 is 2.28 bits per heavy atom. The van der Waals surface area contributed by atoms with Gasteiger partial charge in [0.25, 0.3) is 0 Å². The van der Waals surface area contributed by atoms with E-state index in [-0.39, 0.29) is 5.91 Å². The van der Waals surface area contributed by atoms with Crippen molar-refractivity contribution >= 4 is 16.9 Å². The molecule has 0 aliphatic carbocycles. The number of hydrogen-bond donors (Lipinski definition) is 1. The van der Waals surface area contributed by atoms with E-state index in [2.05, 4.69) is 6.07 Å². The summed E-state index contributed by atoms with van der Waals surface area (Å²) in [6.07, 6.45) is 2.27. The predicted octanol–water partition coefficient (Wildman–Crippen LogP) is 1.74. The molecule has 3 rings (SSSR count). The molecule has 2 aromatic rings. The highest BCUT2D eigenvalue weighted by Gasteiger charge is 2.28. The Labute approximate surface area is 105 Å². The quantitative estimate of drug-likeness (QED) is 0.894. The number of carbonyl (C=O) groups excluding carboxylic acids is 1. The summed E-state index contributed by atoms with van der Waals surface area (Å²) < 4.78 is 5.30. The zero-order valence-electron chi connectivity index (χ0n) is 10.1. The van der Waals surface area contributed by atoms with Gasteiger partial charge in [0, 0.05) is 24.9 Å². The maximum atomic E-state index is 11.8. The second-order valence-corrected chi connectivity index (χ2v) is 4.87. The van der Waals surface area contributed by atoms with E-state index in [1.807, 2.05) is 23.1 Å². The van der Waals surface area contributed by atoms with Gasteiger partial charge in [0.05, 0.1) is 6.26 Å². The molecule has 4 nitrogen and oxygen atoms in total. The molecular weight excluding hydrogens is 228 g/mol. The Balaban J connectivity index is 1.77. The van der Waals surface area contributed by atoms with Crippen molar-refractivity contribution in [3.05, 3.63) is 36.1 Å². The van der Waals surface area contributed by atoms with Crippen LogP contribution < -0.4 is 5.73 Å². The second-order valence-electron chi connectivity index (χ2n) is 4.87. The van der Waals surface area contributed by atoms with Gasteiger partial charge in [-0.1, -0.05) is 6.07 Å². The van der Waals surface area contributed by atoms with Crippen molar-refractivity contribution in [3.63, 3.8) is 0 Å². The van der Waals surface area contributed by atoms with Gasteiger partial charge in [-0.3, -0.25) is 4.79 Å². The van der Waals surface area contributed by atoms with Gasteiger partial charge in [0.2, 0.25) is 5.91 Å². The fourth-order valence-corrected chi connectivity index (χ4v) is 2.50. The van der Waals surface area contributed by atoms with Crippen LogP contribution in [0.5, 0.6) is 0 Å². The molecule has 1 atom stereocenters. The molecule has 94 valence electrons. The van der Waals surface area contributed by atoms with Crippen LogP contribution in [0.1, 0.15) is 12.0 Å². The van der Waals surface area contributed by atoms with Crippen molar-refractivity contribution in [1.82, 2.24) is 4.90 Å². The normalized spacial score (nSPS) is 19.9. The predicted molar refractivity (Wildman–Crippen MR) is 68.8 cm³/mol. The number of nitrogens with zero attached hydrogens (tertiary/aromatic N) is 1. The van der Waals surface area contributed by atoms with E-state index >= 15 is 0 Å². The molecule has 1 aromatic carbocycles. The highest BCUT2D eigenvalue weighted by atomic mass is 16.3. The van der Waals surface area contributed by atoms with Gasteiger partial charge in [-0.2, -0.15) is 0 Å². The van der Waals surface area contributed by atoms with E-state index in [9.17, 15) is 4.79 Å². The third-order valence-corrected chi connectivity index (χ3v) is 3.52. The number of carbonyl (C=O) groups is 1. The van der Waals surface area contributed by atoms with Gasteiger partial charge >= 0.3 is 0 Å². The van der Waals surface area contributed by atoms with E-state index in [4.69, 9.17) is 10.2 Å². The Kier molecular flexibility index (Phi) is 2.80. The van der Waals surface area contributed by atoms with Crippen molar-refractivity contribution in [2.45, 2.75) is 13.0 Å². The average Bonchev–Trinajstić information content (AvgIpc) is 2.96. The SMILES string of the molecule is NCC1CC(=O)N(Cc2ccc3occc3c2)C1. The van der Waals surface area contributed by atoms with Crippen LogP contribution in [0.2, 0.25) is 0 Å². The van der Waals surface area contributed by atoms with Crippen molar-refractivity contribution in [3.8, 4) is 0 Å². The molecule has 0 spiro atoms. The zero-order chi connectivity index (χ0) is 12.5.